The van der Waals surface area contributed by atoms with E-state index in [0.717, 1.165) is 44.4 Å². The van der Waals surface area contributed by atoms with Gasteiger partial charge in [-0.05, 0) is 87.0 Å². The molecular weight excluding hydrogens is 639 g/mol. The van der Waals surface area contributed by atoms with Gasteiger partial charge in [0.05, 0.1) is 11.1 Å². The van der Waals surface area contributed by atoms with Crippen molar-refractivity contribution in [2.45, 2.75) is 0 Å². The molecule has 0 unspecified atom stereocenters. The molecule has 0 spiro atoms. The smallest absolute Gasteiger partial charge is 0.137 e. The van der Waals surface area contributed by atoms with Crippen LogP contribution >= 0.6 is 11.3 Å². The Morgan fingerprint density at radius 1 is 0.353 bits per heavy atom. The zero-order valence-electron chi connectivity index (χ0n) is 27.6. The molecule has 8 aromatic carbocycles. The summed E-state index contributed by atoms with van der Waals surface area (Å²) in [6.07, 6.45) is 0. The summed E-state index contributed by atoms with van der Waals surface area (Å²) >= 11 is 1.86. The Bertz CT molecular complexity index is 2850. The maximum Gasteiger partial charge on any atom is 0.137 e. The summed E-state index contributed by atoms with van der Waals surface area (Å²) in [5.74, 6) is 0. The lowest BCUT2D eigenvalue weighted by Gasteiger charge is -2.11. The summed E-state index contributed by atoms with van der Waals surface area (Å²) in [6.45, 7) is 0. The third-order valence-corrected chi connectivity index (χ3v) is 11.1. The first-order chi connectivity index (χ1) is 25.3. The molecule has 0 saturated carbocycles. The van der Waals surface area contributed by atoms with E-state index < -0.39 is 0 Å². The minimum absolute atomic E-state index is 0.866. The van der Waals surface area contributed by atoms with Crippen LogP contribution in [0.2, 0.25) is 0 Å². The molecule has 10 rings (SSSR count). The minimum Gasteiger partial charge on any atom is -0.456 e. The normalized spacial score (nSPS) is 11.5. The van der Waals surface area contributed by atoms with Gasteiger partial charge in [-0.2, -0.15) is 0 Å². The third kappa shape index (κ3) is 5.18. The van der Waals surface area contributed by atoms with Gasteiger partial charge in [0.15, 0.2) is 0 Å². The first kappa shape index (κ1) is 29.5. The van der Waals surface area contributed by atoms with Gasteiger partial charge in [-0.3, -0.25) is 0 Å². The largest absolute Gasteiger partial charge is 0.456 e. The van der Waals surface area contributed by atoms with Crippen LogP contribution in [0.5, 0.6) is 0 Å². The Morgan fingerprint density at radius 2 is 0.863 bits per heavy atom. The predicted molar refractivity (Wildman–Crippen MR) is 218 cm³/mol. The van der Waals surface area contributed by atoms with Gasteiger partial charge in [-0.1, -0.05) is 140 Å². The molecule has 10 aromatic rings. The second-order valence-corrected chi connectivity index (χ2v) is 14.0. The molecule has 0 bridgehead atoms. The Hall–Kier alpha value is -6.42. The van der Waals surface area contributed by atoms with Crippen LogP contribution in [-0.2, 0) is 0 Å². The van der Waals surface area contributed by atoms with Gasteiger partial charge in [0.25, 0.3) is 0 Å². The standard InChI is InChI=1S/C48H31NOS/c1-2-9-31(10-3-1)32-19-21-33(22-20-32)34-23-25-35(26-24-34)39-12-6-15-42-47(39)48-41(14-8-16-43(48)50-42)49-37-29-27-36(28-30-37)38-13-7-18-45-46(38)40-11-4-5-17-44(40)51-45/h1-30,49H. The highest BCUT2D eigenvalue weighted by Crippen LogP contribution is 2.43. The Kier molecular flexibility index (Phi) is 7.04. The molecule has 0 fully saturated rings. The van der Waals surface area contributed by atoms with Gasteiger partial charge < -0.3 is 9.73 Å². The fourth-order valence-corrected chi connectivity index (χ4v) is 8.58. The number of benzene rings is 8. The van der Waals surface area contributed by atoms with Crippen LogP contribution in [0.1, 0.15) is 0 Å². The Balaban J connectivity index is 0.981. The minimum atomic E-state index is 0.866. The number of thiophene rings is 1. The molecule has 1 N–H and O–H groups in total. The lowest BCUT2D eigenvalue weighted by Crippen LogP contribution is -1.91. The fourth-order valence-electron chi connectivity index (χ4n) is 7.44. The molecule has 2 nitrogen and oxygen atoms in total. The van der Waals surface area contributed by atoms with E-state index in [1.807, 2.05) is 11.3 Å². The summed E-state index contributed by atoms with van der Waals surface area (Å²) in [6, 6.07) is 64.9. The zero-order chi connectivity index (χ0) is 33.7. The molecule has 0 saturated heterocycles. The predicted octanol–water partition coefficient (Wildman–Crippen LogP) is 14.4. The van der Waals surface area contributed by atoms with Crippen LogP contribution in [0.25, 0.3) is 86.6 Å². The van der Waals surface area contributed by atoms with Crippen LogP contribution in [0.15, 0.2) is 186 Å². The van der Waals surface area contributed by atoms with E-state index in [2.05, 4.69) is 187 Å². The molecule has 240 valence electrons. The van der Waals surface area contributed by atoms with Gasteiger partial charge >= 0.3 is 0 Å². The molecule has 0 radical (unpaired) electrons. The highest BCUT2D eigenvalue weighted by molar-refractivity contribution is 7.25. The number of rotatable bonds is 6. The number of anilines is 2. The number of hydrogen-bond acceptors (Lipinski definition) is 3. The van der Waals surface area contributed by atoms with Gasteiger partial charge in [0.1, 0.15) is 11.2 Å². The third-order valence-electron chi connectivity index (χ3n) is 9.92. The lowest BCUT2D eigenvalue weighted by molar-refractivity contribution is 0.669. The van der Waals surface area contributed by atoms with Crippen molar-refractivity contribution in [3.63, 3.8) is 0 Å². The summed E-state index contributed by atoms with van der Waals surface area (Å²) in [5, 5.41) is 8.58. The number of fused-ring (bicyclic) bond motifs is 6. The van der Waals surface area contributed by atoms with E-state index >= 15 is 0 Å². The van der Waals surface area contributed by atoms with Gasteiger partial charge in [0, 0.05) is 31.2 Å². The average Bonchev–Trinajstić information content (AvgIpc) is 3.78. The van der Waals surface area contributed by atoms with E-state index in [1.165, 1.54) is 53.6 Å². The summed E-state index contributed by atoms with van der Waals surface area (Å²) in [4.78, 5) is 0. The maximum atomic E-state index is 6.44. The van der Waals surface area contributed by atoms with E-state index in [9.17, 15) is 0 Å². The molecular formula is C48H31NOS. The number of hydrogen-bond donors (Lipinski definition) is 1. The first-order valence-electron chi connectivity index (χ1n) is 17.3. The van der Waals surface area contributed by atoms with Gasteiger partial charge in [0.2, 0.25) is 0 Å². The highest BCUT2D eigenvalue weighted by Gasteiger charge is 2.17. The van der Waals surface area contributed by atoms with Crippen LogP contribution in [-0.4, -0.2) is 0 Å². The quantitative estimate of drug-likeness (QED) is 0.191. The van der Waals surface area contributed by atoms with E-state index in [4.69, 9.17) is 4.42 Å². The van der Waals surface area contributed by atoms with Crippen LogP contribution in [0.4, 0.5) is 11.4 Å². The topological polar surface area (TPSA) is 25.2 Å². The Labute approximate surface area is 299 Å². The number of nitrogens with one attached hydrogen (secondary N) is 1. The van der Waals surface area contributed by atoms with Crippen molar-refractivity contribution in [3.8, 4) is 44.5 Å². The van der Waals surface area contributed by atoms with Crippen molar-refractivity contribution in [3.05, 3.63) is 182 Å². The SMILES string of the molecule is c1ccc(-c2ccc(-c3ccc(-c4cccc5oc6cccc(Nc7ccc(-c8cccc9sc%10ccccc%10c89)cc7)c6c45)cc3)cc2)cc1. The summed E-state index contributed by atoms with van der Waals surface area (Å²) in [5.41, 5.74) is 13.4. The van der Waals surface area contributed by atoms with E-state index in [-0.39, 0.29) is 0 Å². The van der Waals surface area contributed by atoms with Crippen LogP contribution < -0.4 is 5.32 Å². The second kappa shape index (κ2) is 12.2. The van der Waals surface area contributed by atoms with E-state index in [0.29, 0.717) is 0 Å². The molecule has 0 aliphatic rings. The monoisotopic (exact) mass is 669 g/mol. The summed E-state index contributed by atoms with van der Waals surface area (Å²) in [7, 11) is 0. The number of furan rings is 1. The molecule has 0 aliphatic heterocycles. The molecule has 0 atom stereocenters. The zero-order valence-corrected chi connectivity index (χ0v) is 28.5. The van der Waals surface area contributed by atoms with Crippen molar-refractivity contribution in [2.24, 2.45) is 0 Å². The van der Waals surface area contributed by atoms with Crippen molar-refractivity contribution in [2.75, 3.05) is 5.32 Å². The lowest BCUT2D eigenvalue weighted by atomic mass is 9.95. The van der Waals surface area contributed by atoms with Crippen molar-refractivity contribution >= 4 is 64.8 Å². The molecule has 0 aliphatic carbocycles. The molecule has 2 aromatic heterocycles. The molecule has 51 heavy (non-hydrogen) atoms. The van der Waals surface area contributed by atoms with Crippen LogP contribution in [0, 0.1) is 0 Å². The molecule has 3 heteroatoms. The van der Waals surface area contributed by atoms with Crippen molar-refractivity contribution < 1.29 is 4.42 Å². The molecule has 0 amide bonds. The van der Waals surface area contributed by atoms with Gasteiger partial charge in [-0.15, -0.1) is 11.3 Å². The first-order valence-corrected chi connectivity index (χ1v) is 18.1. The average molecular weight is 670 g/mol. The molecule has 2 heterocycles. The highest BCUT2D eigenvalue weighted by atomic mass is 32.1. The second-order valence-electron chi connectivity index (χ2n) is 13.0. The van der Waals surface area contributed by atoms with E-state index in [1.54, 1.807) is 0 Å². The van der Waals surface area contributed by atoms with Crippen molar-refractivity contribution in [1.82, 2.24) is 0 Å². The van der Waals surface area contributed by atoms with Crippen LogP contribution in [0.3, 0.4) is 0 Å². The maximum absolute atomic E-state index is 6.44. The van der Waals surface area contributed by atoms with Gasteiger partial charge in [-0.25, -0.2) is 0 Å². The summed E-state index contributed by atoms with van der Waals surface area (Å²) < 4.78 is 9.08. The Morgan fingerprint density at radius 3 is 1.57 bits per heavy atom. The van der Waals surface area contributed by atoms with Crippen molar-refractivity contribution in [1.29, 1.82) is 0 Å². The fraction of sp³-hybridized carbons (Fsp3) is 0.